The number of hydrogen-bond donors (Lipinski definition) is 0. The van der Waals surface area contributed by atoms with E-state index in [0.717, 1.165) is 5.56 Å². The van der Waals surface area contributed by atoms with Crippen molar-refractivity contribution >= 4 is 38.6 Å². The smallest absolute Gasteiger partial charge is 0.228 e. The van der Waals surface area contributed by atoms with Gasteiger partial charge < -0.3 is 9.26 Å². The fourth-order valence-corrected chi connectivity index (χ4v) is 2.55. The van der Waals surface area contributed by atoms with E-state index in [1.54, 1.807) is 12.1 Å². The quantitative estimate of drug-likeness (QED) is 0.680. The summed E-state index contributed by atoms with van der Waals surface area (Å²) in [6, 6.07) is 11.1. The van der Waals surface area contributed by atoms with Crippen LogP contribution in [0.1, 0.15) is 18.6 Å². The third kappa shape index (κ3) is 2.51. The highest BCUT2D eigenvalue weighted by molar-refractivity contribution is 9.10. The van der Waals surface area contributed by atoms with E-state index in [0.29, 0.717) is 26.6 Å². The molecular formula is C14H10BrClN2O2. The SMILES string of the molecule is C[C@@H](Oc1ccc2noc(Br)c2n1)c1ccccc1Cl. The van der Waals surface area contributed by atoms with Crippen molar-refractivity contribution in [3.63, 3.8) is 0 Å². The van der Waals surface area contributed by atoms with Gasteiger partial charge in [-0.25, -0.2) is 4.98 Å². The second-order valence-electron chi connectivity index (χ2n) is 4.26. The largest absolute Gasteiger partial charge is 0.470 e. The van der Waals surface area contributed by atoms with Gasteiger partial charge in [-0.1, -0.05) is 35.0 Å². The number of hydrogen-bond acceptors (Lipinski definition) is 4. The van der Waals surface area contributed by atoms with E-state index in [1.165, 1.54) is 0 Å². The predicted octanol–water partition coefficient (Wildman–Crippen LogP) is 4.78. The first kappa shape index (κ1) is 13.4. The van der Waals surface area contributed by atoms with Crippen molar-refractivity contribution in [2.75, 3.05) is 0 Å². The predicted molar refractivity (Wildman–Crippen MR) is 80.0 cm³/mol. The molecule has 0 unspecified atom stereocenters. The van der Waals surface area contributed by atoms with Crippen LogP contribution in [0.3, 0.4) is 0 Å². The van der Waals surface area contributed by atoms with Gasteiger partial charge in [0.25, 0.3) is 0 Å². The topological polar surface area (TPSA) is 48.2 Å². The summed E-state index contributed by atoms with van der Waals surface area (Å²) in [6.07, 6.45) is -0.202. The fourth-order valence-electron chi connectivity index (χ4n) is 1.90. The molecule has 4 nitrogen and oxygen atoms in total. The Morgan fingerprint density at radius 1 is 1.25 bits per heavy atom. The molecule has 20 heavy (non-hydrogen) atoms. The van der Waals surface area contributed by atoms with Gasteiger partial charge in [-0.05, 0) is 35.0 Å². The number of benzene rings is 1. The Morgan fingerprint density at radius 2 is 2.05 bits per heavy atom. The van der Waals surface area contributed by atoms with Gasteiger partial charge in [-0.3, -0.25) is 0 Å². The molecule has 1 atom stereocenters. The minimum Gasteiger partial charge on any atom is -0.470 e. The number of rotatable bonds is 3. The van der Waals surface area contributed by atoms with Crippen molar-refractivity contribution in [2.45, 2.75) is 13.0 Å². The lowest BCUT2D eigenvalue weighted by molar-refractivity contribution is 0.218. The maximum atomic E-state index is 6.16. The molecule has 0 saturated heterocycles. The Hall–Kier alpha value is -1.59. The Balaban J connectivity index is 1.89. The summed E-state index contributed by atoms with van der Waals surface area (Å²) in [7, 11) is 0. The summed E-state index contributed by atoms with van der Waals surface area (Å²) in [5.74, 6) is 0.494. The molecule has 0 N–H and O–H groups in total. The van der Waals surface area contributed by atoms with Crippen molar-refractivity contribution in [3.8, 4) is 5.88 Å². The van der Waals surface area contributed by atoms with Gasteiger partial charge in [0.15, 0.2) is 0 Å². The zero-order valence-electron chi connectivity index (χ0n) is 10.5. The molecule has 3 rings (SSSR count). The summed E-state index contributed by atoms with van der Waals surface area (Å²) in [6.45, 7) is 1.93. The normalized spacial score (nSPS) is 12.6. The average Bonchev–Trinajstić information content (AvgIpc) is 2.81. The summed E-state index contributed by atoms with van der Waals surface area (Å²) in [5, 5.41) is 4.52. The van der Waals surface area contributed by atoms with Crippen molar-refractivity contribution < 1.29 is 9.26 Å². The first-order valence-corrected chi connectivity index (χ1v) is 7.15. The summed E-state index contributed by atoms with van der Waals surface area (Å²) >= 11 is 9.41. The van der Waals surface area contributed by atoms with Crippen LogP contribution in [-0.2, 0) is 0 Å². The van der Waals surface area contributed by atoms with E-state index in [9.17, 15) is 0 Å². The maximum Gasteiger partial charge on any atom is 0.228 e. The van der Waals surface area contributed by atoms with Crippen LogP contribution in [0.5, 0.6) is 5.88 Å². The van der Waals surface area contributed by atoms with Crippen LogP contribution >= 0.6 is 27.5 Å². The molecule has 0 saturated carbocycles. The van der Waals surface area contributed by atoms with Gasteiger partial charge in [0.2, 0.25) is 10.5 Å². The molecule has 0 aliphatic heterocycles. The Labute approximate surface area is 128 Å². The molecule has 1 aromatic carbocycles. The van der Waals surface area contributed by atoms with Crippen molar-refractivity contribution in [1.29, 1.82) is 0 Å². The maximum absolute atomic E-state index is 6.16. The highest BCUT2D eigenvalue weighted by atomic mass is 79.9. The lowest BCUT2D eigenvalue weighted by atomic mass is 10.1. The van der Waals surface area contributed by atoms with Gasteiger partial charge in [0.05, 0.1) is 0 Å². The molecule has 0 amide bonds. The lowest BCUT2D eigenvalue weighted by Crippen LogP contribution is -2.04. The average molecular weight is 354 g/mol. The first-order chi connectivity index (χ1) is 9.65. The van der Waals surface area contributed by atoms with Gasteiger partial charge in [0, 0.05) is 16.7 Å². The van der Waals surface area contributed by atoms with E-state index in [2.05, 4.69) is 26.1 Å². The summed E-state index contributed by atoms with van der Waals surface area (Å²) < 4.78 is 11.3. The number of halogens is 2. The summed E-state index contributed by atoms with van der Waals surface area (Å²) in [5.41, 5.74) is 2.23. The Morgan fingerprint density at radius 3 is 2.85 bits per heavy atom. The van der Waals surface area contributed by atoms with E-state index < -0.39 is 0 Å². The zero-order valence-corrected chi connectivity index (χ0v) is 12.9. The van der Waals surface area contributed by atoms with Crippen LogP contribution in [0.15, 0.2) is 45.6 Å². The second-order valence-corrected chi connectivity index (χ2v) is 5.38. The van der Waals surface area contributed by atoms with Crippen LogP contribution in [-0.4, -0.2) is 10.1 Å². The molecule has 0 aliphatic carbocycles. The molecule has 102 valence electrons. The standard InChI is InChI=1S/C14H10BrClN2O2/c1-8(9-4-2-3-5-10(9)16)19-12-7-6-11-13(17-12)14(15)20-18-11/h2-8H,1H3/t8-/m1/s1. The van der Waals surface area contributed by atoms with Crippen molar-refractivity contribution in [1.82, 2.24) is 10.1 Å². The molecule has 0 radical (unpaired) electrons. The van der Waals surface area contributed by atoms with E-state index >= 15 is 0 Å². The second kappa shape index (κ2) is 5.42. The van der Waals surface area contributed by atoms with Crippen LogP contribution in [0.2, 0.25) is 5.02 Å². The molecule has 0 spiro atoms. The minimum atomic E-state index is -0.202. The Bertz CT molecular complexity index is 760. The van der Waals surface area contributed by atoms with Gasteiger partial charge >= 0.3 is 0 Å². The number of pyridine rings is 1. The minimum absolute atomic E-state index is 0.202. The zero-order chi connectivity index (χ0) is 14.1. The van der Waals surface area contributed by atoms with Crippen LogP contribution < -0.4 is 4.74 Å². The third-order valence-corrected chi connectivity index (χ3v) is 3.76. The molecular weight excluding hydrogens is 344 g/mol. The highest BCUT2D eigenvalue weighted by Gasteiger charge is 2.13. The molecule has 0 bridgehead atoms. The van der Waals surface area contributed by atoms with E-state index in [1.807, 2.05) is 31.2 Å². The fraction of sp³-hybridized carbons (Fsp3) is 0.143. The number of aromatic nitrogens is 2. The number of ether oxygens (including phenoxy) is 1. The van der Waals surface area contributed by atoms with Gasteiger partial charge in [-0.2, -0.15) is 0 Å². The van der Waals surface area contributed by atoms with E-state index in [-0.39, 0.29) is 6.10 Å². The highest BCUT2D eigenvalue weighted by Crippen LogP contribution is 2.28. The van der Waals surface area contributed by atoms with Crippen LogP contribution in [0, 0.1) is 0 Å². The molecule has 6 heteroatoms. The molecule has 2 heterocycles. The first-order valence-electron chi connectivity index (χ1n) is 5.98. The van der Waals surface area contributed by atoms with Crippen LogP contribution in [0.4, 0.5) is 0 Å². The number of nitrogens with zero attached hydrogens (tertiary/aromatic N) is 2. The number of fused-ring (bicyclic) bond motifs is 1. The summed E-state index contributed by atoms with van der Waals surface area (Å²) in [4.78, 5) is 4.36. The van der Waals surface area contributed by atoms with Crippen molar-refractivity contribution in [2.24, 2.45) is 0 Å². The molecule has 0 aliphatic rings. The van der Waals surface area contributed by atoms with Crippen LogP contribution in [0.25, 0.3) is 11.0 Å². The van der Waals surface area contributed by atoms with Gasteiger partial charge in [-0.15, -0.1) is 0 Å². The third-order valence-electron chi connectivity index (χ3n) is 2.90. The van der Waals surface area contributed by atoms with Crippen molar-refractivity contribution in [3.05, 3.63) is 51.7 Å². The monoisotopic (exact) mass is 352 g/mol. The lowest BCUT2D eigenvalue weighted by Gasteiger charge is -2.15. The molecule has 2 aromatic heterocycles. The van der Waals surface area contributed by atoms with E-state index in [4.69, 9.17) is 20.9 Å². The Kier molecular flexibility index (Phi) is 3.63. The van der Waals surface area contributed by atoms with Gasteiger partial charge in [0.1, 0.15) is 17.1 Å². The molecule has 0 fully saturated rings. The molecule has 3 aromatic rings.